The molecule has 10 nitrogen and oxygen atoms in total. The summed E-state index contributed by atoms with van der Waals surface area (Å²) in [5.41, 5.74) is 5.18. The zero-order valence-corrected chi connectivity index (χ0v) is 15.6. The summed E-state index contributed by atoms with van der Waals surface area (Å²) in [6.45, 7) is 2.30. The van der Waals surface area contributed by atoms with Gasteiger partial charge in [0.25, 0.3) is 5.91 Å². The number of nitrogen functional groups attached to an aromatic ring is 1. The summed E-state index contributed by atoms with van der Waals surface area (Å²) in [5, 5.41) is 14.5. The molecule has 10 heteroatoms. The molecule has 146 valence electrons. The van der Waals surface area contributed by atoms with Gasteiger partial charge in [0.2, 0.25) is 0 Å². The lowest BCUT2D eigenvalue weighted by molar-refractivity contribution is -0.530. The van der Waals surface area contributed by atoms with Crippen molar-refractivity contribution in [1.82, 2.24) is 20.7 Å². The SMILES string of the molecule is CCNC(=O)Nc1cc(/C(=C/C=N)[NH2+]C)c(-c2cncc(C(=O)NN)c2)cn1. The number of allylic oxidation sites excluding steroid dienone is 1. The molecule has 0 aliphatic rings. The number of aromatic nitrogens is 2. The van der Waals surface area contributed by atoms with Crippen LogP contribution in [0.15, 0.2) is 36.8 Å². The summed E-state index contributed by atoms with van der Waals surface area (Å²) >= 11 is 0. The fourth-order valence-electron chi connectivity index (χ4n) is 2.54. The van der Waals surface area contributed by atoms with E-state index in [4.69, 9.17) is 11.3 Å². The molecule has 0 aliphatic carbocycles. The summed E-state index contributed by atoms with van der Waals surface area (Å²) in [6, 6.07) is 2.98. The smallest absolute Gasteiger partial charge is 0.320 e. The van der Waals surface area contributed by atoms with Crippen LogP contribution >= 0.6 is 0 Å². The molecule has 2 rings (SSSR count). The highest BCUT2D eigenvalue weighted by molar-refractivity contribution is 5.95. The quantitative estimate of drug-likeness (QED) is 0.172. The number of rotatable bonds is 7. The van der Waals surface area contributed by atoms with E-state index in [-0.39, 0.29) is 6.03 Å². The van der Waals surface area contributed by atoms with E-state index in [1.807, 2.05) is 19.3 Å². The molecule has 0 atom stereocenters. The van der Waals surface area contributed by atoms with E-state index in [2.05, 4.69) is 26.0 Å². The fourth-order valence-corrected chi connectivity index (χ4v) is 2.54. The predicted octanol–water partition coefficient (Wildman–Crippen LogP) is 0.0722. The third-order valence-electron chi connectivity index (χ3n) is 3.81. The second kappa shape index (κ2) is 9.90. The van der Waals surface area contributed by atoms with Crippen LogP contribution in [0.2, 0.25) is 0 Å². The topological polar surface area (TPSA) is 162 Å². The molecule has 0 saturated carbocycles. The molecule has 0 radical (unpaired) electrons. The van der Waals surface area contributed by atoms with Gasteiger partial charge in [-0.1, -0.05) is 0 Å². The minimum atomic E-state index is -0.462. The Labute approximate surface area is 162 Å². The van der Waals surface area contributed by atoms with Gasteiger partial charge in [-0.3, -0.25) is 20.5 Å². The summed E-state index contributed by atoms with van der Waals surface area (Å²) in [5.74, 6) is 5.09. The van der Waals surface area contributed by atoms with Gasteiger partial charge in [-0.05, 0) is 19.1 Å². The molecule has 8 N–H and O–H groups in total. The molecule has 0 unspecified atom stereocenters. The van der Waals surface area contributed by atoms with Gasteiger partial charge in [-0.2, -0.15) is 0 Å². The predicted molar refractivity (Wildman–Crippen MR) is 106 cm³/mol. The van der Waals surface area contributed by atoms with E-state index < -0.39 is 5.91 Å². The van der Waals surface area contributed by atoms with Crippen LogP contribution in [0.3, 0.4) is 0 Å². The van der Waals surface area contributed by atoms with E-state index in [1.54, 1.807) is 30.6 Å². The van der Waals surface area contributed by atoms with Crippen LogP contribution in [0.5, 0.6) is 0 Å². The van der Waals surface area contributed by atoms with Gasteiger partial charge in [-0.15, -0.1) is 0 Å². The number of carbonyl (C=O) groups excluding carboxylic acids is 2. The average molecular weight is 383 g/mol. The first-order valence-corrected chi connectivity index (χ1v) is 8.55. The van der Waals surface area contributed by atoms with E-state index in [0.717, 1.165) is 11.3 Å². The number of nitrogens with two attached hydrogens (primary N) is 2. The van der Waals surface area contributed by atoms with Crippen molar-refractivity contribution in [2.45, 2.75) is 6.92 Å². The number of hydrazine groups is 1. The molecule has 0 aliphatic heterocycles. The second-order valence-corrected chi connectivity index (χ2v) is 5.61. The molecule has 28 heavy (non-hydrogen) atoms. The van der Waals surface area contributed by atoms with Crippen molar-refractivity contribution >= 4 is 29.7 Å². The van der Waals surface area contributed by atoms with Crippen molar-refractivity contribution in [3.8, 4) is 11.1 Å². The first kappa shape index (κ1) is 20.7. The number of nitrogens with one attached hydrogen (secondary N) is 4. The number of carbonyl (C=O) groups is 2. The van der Waals surface area contributed by atoms with Gasteiger partial charge in [0.1, 0.15) is 11.5 Å². The monoisotopic (exact) mass is 383 g/mol. The Morgan fingerprint density at radius 2 is 2.07 bits per heavy atom. The third-order valence-corrected chi connectivity index (χ3v) is 3.81. The number of urea groups is 1. The van der Waals surface area contributed by atoms with Crippen LogP contribution in [0.25, 0.3) is 16.8 Å². The van der Waals surface area contributed by atoms with E-state index in [0.29, 0.717) is 29.1 Å². The van der Waals surface area contributed by atoms with Crippen LogP contribution in [0, 0.1) is 5.41 Å². The van der Waals surface area contributed by atoms with Gasteiger partial charge in [0, 0.05) is 54.1 Å². The number of nitrogens with zero attached hydrogens (tertiary/aromatic N) is 2. The molecular formula is C18H23N8O2+. The zero-order chi connectivity index (χ0) is 20.5. The maximum absolute atomic E-state index is 11.8. The Hall–Kier alpha value is -3.63. The van der Waals surface area contributed by atoms with E-state index in [9.17, 15) is 9.59 Å². The third kappa shape index (κ3) is 4.96. The van der Waals surface area contributed by atoms with Crippen molar-refractivity contribution in [3.05, 3.63) is 47.9 Å². The summed E-state index contributed by atoms with van der Waals surface area (Å²) in [7, 11) is 1.84. The highest BCUT2D eigenvalue weighted by Gasteiger charge is 2.16. The number of anilines is 1. The molecule has 2 heterocycles. The number of pyridine rings is 2. The second-order valence-electron chi connectivity index (χ2n) is 5.61. The Bertz CT molecular complexity index is 910. The highest BCUT2D eigenvalue weighted by atomic mass is 16.2. The minimum absolute atomic E-state index is 0.300. The van der Waals surface area contributed by atoms with Crippen molar-refractivity contribution < 1.29 is 14.9 Å². The Morgan fingerprint density at radius 1 is 1.29 bits per heavy atom. The maximum Gasteiger partial charge on any atom is 0.320 e. The first-order chi connectivity index (χ1) is 13.5. The van der Waals surface area contributed by atoms with Crippen LogP contribution in [0.4, 0.5) is 10.6 Å². The molecule has 3 amide bonds. The highest BCUT2D eigenvalue weighted by Crippen LogP contribution is 2.28. The largest absolute Gasteiger partial charge is 0.338 e. The van der Waals surface area contributed by atoms with Crippen molar-refractivity contribution in [2.24, 2.45) is 5.84 Å². The van der Waals surface area contributed by atoms with E-state index >= 15 is 0 Å². The lowest BCUT2D eigenvalue weighted by atomic mass is 9.99. The Balaban J connectivity index is 2.57. The minimum Gasteiger partial charge on any atom is -0.338 e. The Morgan fingerprint density at radius 3 is 2.71 bits per heavy atom. The zero-order valence-electron chi connectivity index (χ0n) is 15.6. The van der Waals surface area contributed by atoms with Crippen LogP contribution in [-0.4, -0.2) is 41.7 Å². The summed E-state index contributed by atoms with van der Waals surface area (Å²) < 4.78 is 0. The Kier molecular flexibility index (Phi) is 7.31. The standard InChI is InChI=1S/C18H22N8O2/c1-3-23-18(28)25-16-7-13(15(21-2)4-5-19)14(10-24-16)11-6-12(9-22-8-11)17(27)26-20/h4-10,19,21H,3,20H2,1-2H3,(H,26,27)(H2,23,24,25,28)/p+1/b15-4-,19-5?. The summed E-state index contributed by atoms with van der Waals surface area (Å²) in [6.07, 6.45) is 7.39. The van der Waals surface area contributed by atoms with Gasteiger partial charge in [0.05, 0.1) is 12.6 Å². The van der Waals surface area contributed by atoms with Crippen LogP contribution in [0.1, 0.15) is 22.8 Å². The molecule has 2 aromatic heterocycles. The molecule has 0 spiro atoms. The van der Waals surface area contributed by atoms with Crippen molar-refractivity contribution in [2.75, 3.05) is 18.9 Å². The molecule has 0 fully saturated rings. The van der Waals surface area contributed by atoms with E-state index in [1.165, 1.54) is 12.4 Å². The number of quaternary nitrogens is 1. The normalized spacial score (nSPS) is 10.9. The van der Waals surface area contributed by atoms with Gasteiger partial charge >= 0.3 is 6.03 Å². The molecule has 2 aromatic rings. The lowest BCUT2D eigenvalue weighted by Gasteiger charge is -2.13. The van der Waals surface area contributed by atoms with Crippen LogP contribution < -0.4 is 27.2 Å². The molecule has 0 bridgehead atoms. The number of amides is 3. The number of hydrogen-bond donors (Lipinski definition) is 6. The maximum atomic E-state index is 11.8. The fraction of sp³-hybridized carbons (Fsp3) is 0.167. The molecule has 0 saturated heterocycles. The molecular weight excluding hydrogens is 360 g/mol. The van der Waals surface area contributed by atoms with Gasteiger partial charge in [0.15, 0.2) is 0 Å². The summed E-state index contributed by atoms with van der Waals surface area (Å²) in [4.78, 5) is 32.0. The lowest BCUT2D eigenvalue weighted by Crippen LogP contribution is -2.76. The van der Waals surface area contributed by atoms with Crippen molar-refractivity contribution in [3.63, 3.8) is 0 Å². The van der Waals surface area contributed by atoms with Crippen molar-refractivity contribution in [1.29, 1.82) is 5.41 Å². The van der Waals surface area contributed by atoms with Gasteiger partial charge in [-0.25, -0.2) is 15.6 Å². The van der Waals surface area contributed by atoms with Gasteiger partial charge < -0.3 is 16.0 Å². The van der Waals surface area contributed by atoms with Crippen LogP contribution in [-0.2, 0) is 0 Å². The first-order valence-electron chi connectivity index (χ1n) is 8.55. The molecule has 0 aromatic carbocycles. The average Bonchev–Trinajstić information content (AvgIpc) is 2.71. The number of hydrogen-bond acceptors (Lipinski definition) is 6.